The van der Waals surface area contributed by atoms with Crippen LogP contribution in [0.4, 0.5) is 0 Å². The van der Waals surface area contributed by atoms with E-state index in [-0.39, 0.29) is 5.37 Å². The number of piperidine rings is 1. The second kappa shape index (κ2) is 6.42. The molecular weight excluding hydrogens is 356 g/mol. The largest absolute Gasteiger partial charge is 0.480 e. The van der Waals surface area contributed by atoms with E-state index >= 15 is 0 Å². The van der Waals surface area contributed by atoms with Crippen molar-refractivity contribution in [2.75, 3.05) is 5.75 Å². The van der Waals surface area contributed by atoms with Crippen LogP contribution in [0.25, 0.3) is 0 Å². The van der Waals surface area contributed by atoms with Crippen LogP contribution >= 0.6 is 11.8 Å². The summed E-state index contributed by atoms with van der Waals surface area (Å²) < 4.78 is 0. The number of hydrogen-bond acceptors (Lipinski definition) is 5. The molecule has 3 heterocycles. The molecule has 3 amide bonds. The van der Waals surface area contributed by atoms with Crippen molar-refractivity contribution >= 4 is 35.5 Å². The van der Waals surface area contributed by atoms with Crippen molar-refractivity contribution in [1.82, 2.24) is 9.80 Å². The van der Waals surface area contributed by atoms with Crippen molar-refractivity contribution in [3.63, 3.8) is 0 Å². The minimum absolute atomic E-state index is 0.211. The molecule has 7 nitrogen and oxygen atoms in total. The zero-order valence-electron chi connectivity index (χ0n) is 14.0. The van der Waals surface area contributed by atoms with Crippen LogP contribution in [0, 0.1) is 0 Å². The lowest BCUT2D eigenvalue weighted by atomic mass is 10.00. The van der Waals surface area contributed by atoms with Crippen molar-refractivity contribution in [2.24, 2.45) is 0 Å². The summed E-state index contributed by atoms with van der Waals surface area (Å²) in [6, 6.07) is 4.67. The first-order chi connectivity index (χ1) is 12.5. The Morgan fingerprint density at radius 3 is 2.31 bits per heavy atom. The number of nitrogens with zero attached hydrogens (tertiary/aromatic N) is 2. The van der Waals surface area contributed by atoms with Crippen LogP contribution in [0.5, 0.6) is 0 Å². The van der Waals surface area contributed by atoms with Gasteiger partial charge in [0, 0.05) is 0 Å². The molecule has 2 saturated heterocycles. The van der Waals surface area contributed by atoms with E-state index in [9.17, 15) is 24.3 Å². The Hall–Kier alpha value is -2.35. The Balaban J connectivity index is 1.69. The first-order valence-electron chi connectivity index (χ1n) is 8.64. The topological polar surface area (TPSA) is 95.0 Å². The third-order valence-electron chi connectivity index (χ3n) is 5.24. The molecule has 3 atom stereocenters. The van der Waals surface area contributed by atoms with Crippen LogP contribution < -0.4 is 0 Å². The summed E-state index contributed by atoms with van der Waals surface area (Å²) in [6.45, 7) is 0. The Bertz CT molecular complexity index is 776. The van der Waals surface area contributed by atoms with Gasteiger partial charge in [-0.3, -0.25) is 19.3 Å². The van der Waals surface area contributed by atoms with Crippen molar-refractivity contribution in [3.8, 4) is 0 Å². The summed E-state index contributed by atoms with van der Waals surface area (Å²) in [6.07, 6.45) is 2.21. The molecule has 0 aliphatic carbocycles. The molecule has 136 valence electrons. The molecule has 4 rings (SSSR count). The highest BCUT2D eigenvalue weighted by atomic mass is 32.2. The molecule has 3 aliphatic heterocycles. The van der Waals surface area contributed by atoms with E-state index in [0.29, 0.717) is 29.7 Å². The Morgan fingerprint density at radius 1 is 1.04 bits per heavy atom. The summed E-state index contributed by atoms with van der Waals surface area (Å²) in [5, 5.41) is 9.32. The fourth-order valence-electron chi connectivity index (χ4n) is 4.01. The van der Waals surface area contributed by atoms with Crippen LogP contribution in [-0.2, 0) is 9.59 Å². The van der Waals surface area contributed by atoms with E-state index in [4.69, 9.17) is 0 Å². The number of hydrogen-bond donors (Lipinski definition) is 1. The maximum absolute atomic E-state index is 13.2. The van der Waals surface area contributed by atoms with E-state index in [1.54, 1.807) is 24.3 Å². The molecule has 1 N–H and O–H groups in total. The van der Waals surface area contributed by atoms with Gasteiger partial charge in [0.25, 0.3) is 11.8 Å². The second-order valence-corrected chi connectivity index (χ2v) is 7.97. The molecule has 0 bridgehead atoms. The predicted octanol–water partition coefficient (Wildman–Crippen LogP) is 1.58. The van der Waals surface area contributed by atoms with Crippen LogP contribution in [0.15, 0.2) is 24.3 Å². The predicted molar refractivity (Wildman–Crippen MR) is 93.7 cm³/mol. The van der Waals surface area contributed by atoms with Gasteiger partial charge in [0.1, 0.15) is 12.1 Å². The number of carboxylic acid groups (broad SMARTS) is 1. The van der Waals surface area contributed by atoms with Gasteiger partial charge < -0.3 is 10.0 Å². The second-order valence-electron chi connectivity index (χ2n) is 6.69. The average molecular weight is 374 g/mol. The highest BCUT2D eigenvalue weighted by molar-refractivity contribution is 7.99. The summed E-state index contributed by atoms with van der Waals surface area (Å²) >= 11 is 1.53. The summed E-state index contributed by atoms with van der Waals surface area (Å²) in [5.74, 6) is -1.82. The number of carbonyl (C=O) groups excluding carboxylic acids is 3. The maximum Gasteiger partial charge on any atom is 0.326 e. The monoisotopic (exact) mass is 374 g/mol. The Labute approximate surface area is 154 Å². The first-order valence-corrected chi connectivity index (χ1v) is 9.69. The zero-order chi connectivity index (χ0) is 18.4. The van der Waals surface area contributed by atoms with Crippen LogP contribution in [0.1, 0.15) is 46.4 Å². The van der Waals surface area contributed by atoms with Crippen LogP contribution in [0.3, 0.4) is 0 Å². The average Bonchev–Trinajstić information content (AvgIpc) is 2.78. The molecule has 0 spiro atoms. The number of carbonyl (C=O) groups is 4. The minimum Gasteiger partial charge on any atom is -0.480 e. The summed E-state index contributed by atoms with van der Waals surface area (Å²) in [5.41, 5.74) is 0.597. The molecule has 0 aromatic heterocycles. The molecule has 8 heteroatoms. The number of thioether (sulfide) groups is 1. The van der Waals surface area contributed by atoms with Gasteiger partial charge in [-0.15, -0.1) is 11.8 Å². The van der Waals surface area contributed by atoms with Crippen molar-refractivity contribution < 1.29 is 24.3 Å². The molecule has 26 heavy (non-hydrogen) atoms. The maximum atomic E-state index is 13.2. The van der Waals surface area contributed by atoms with Gasteiger partial charge in [0.2, 0.25) is 5.91 Å². The van der Waals surface area contributed by atoms with Gasteiger partial charge in [-0.1, -0.05) is 12.1 Å². The molecule has 3 aliphatic rings. The molecule has 0 radical (unpaired) electrons. The van der Waals surface area contributed by atoms with E-state index in [0.717, 1.165) is 17.7 Å². The minimum atomic E-state index is -1.04. The lowest BCUT2D eigenvalue weighted by Crippen LogP contribution is -2.58. The Morgan fingerprint density at radius 2 is 1.69 bits per heavy atom. The third kappa shape index (κ3) is 2.51. The van der Waals surface area contributed by atoms with Gasteiger partial charge in [-0.2, -0.15) is 0 Å². The standard InChI is InChI=1S/C18H18N2O5S/c21-15-10-4-1-2-5-11(10)16(22)20(15)12-8-9-26-14-7-3-6-13(18(24)25)19(14)17(12)23/h1-2,4-5,12-14H,3,6-9H2,(H,24,25)/t12-,13-,14-/m0/s1. The van der Waals surface area contributed by atoms with E-state index < -0.39 is 35.8 Å². The zero-order valence-corrected chi connectivity index (χ0v) is 14.8. The van der Waals surface area contributed by atoms with E-state index in [1.165, 1.54) is 16.7 Å². The van der Waals surface area contributed by atoms with Crippen molar-refractivity contribution in [1.29, 1.82) is 0 Å². The van der Waals surface area contributed by atoms with Gasteiger partial charge in [0.15, 0.2) is 0 Å². The third-order valence-corrected chi connectivity index (χ3v) is 6.56. The lowest BCUT2D eigenvalue weighted by Gasteiger charge is -2.40. The normalized spacial score (nSPS) is 28.6. The lowest BCUT2D eigenvalue weighted by molar-refractivity contribution is -0.154. The van der Waals surface area contributed by atoms with Gasteiger partial charge in [-0.25, -0.2) is 4.79 Å². The van der Waals surface area contributed by atoms with E-state index in [2.05, 4.69) is 0 Å². The molecule has 1 aromatic rings. The molecule has 0 saturated carbocycles. The number of imide groups is 1. The van der Waals surface area contributed by atoms with E-state index in [1.807, 2.05) is 0 Å². The number of amides is 3. The van der Waals surface area contributed by atoms with Crippen molar-refractivity contribution in [3.05, 3.63) is 35.4 Å². The summed E-state index contributed by atoms with van der Waals surface area (Å²) in [4.78, 5) is 52.8. The fourth-order valence-corrected chi connectivity index (χ4v) is 5.38. The smallest absolute Gasteiger partial charge is 0.326 e. The Kier molecular flexibility index (Phi) is 4.22. The fraction of sp³-hybridized carbons (Fsp3) is 0.444. The number of fused-ring (bicyclic) bond motifs is 2. The number of benzene rings is 1. The van der Waals surface area contributed by atoms with Gasteiger partial charge in [-0.05, 0) is 43.6 Å². The van der Waals surface area contributed by atoms with Gasteiger partial charge >= 0.3 is 5.97 Å². The highest BCUT2D eigenvalue weighted by Gasteiger charge is 2.49. The molecule has 0 unspecified atom stereocenters. The molecule has 2 fully saturated rings. The first kappa shape index (κ1) is 17.1. The number of rotatable bonds is 2. The number of aliphatic carboxylic acids is 1. The van der Waals surface area contributed by atoms with Gasteiger partial charge in [0.05, 0.1) is 16.5 Å². The van der Waals surface area contributed by atoms with Crippen LogP contribution in [0.2, 0.25) is 0 Å². The summed E-state index contributed by atoms with van der Waals surface area (Å²) in [7, 11) is 0. The highest BCUT2D eigenvalue weighted by Crippen LogP contribution is 2.37. The molecular formula is C18H18N2O5S. The SMILES string of the molecule is O=C(O)[C@@H]1CCC[C@@H]2SCC[C@H](N3C(=O)c4ccccc4C3=O)C(=O)N21. The molecule has 1 aromatic carbocycles. The quantitative estimate of drug-likeness (QED) is 0.790. The van der Waals surface area contributed by atoms with Crippen molar-refractivity contribution in [2.45, 2.75) is 43.1 Å². The van der Waals surface area contributed by atoms with Crippen LogP contribution in [-0.4, -0.2) is 61.8 Å². The number of carboxylic acids is 1.